The van der Waals surface area contributed by atoms with Gasteiger partial charge in [0, 0.05) is 18.3 Å². The van der Waals surface area contributed by atoms with Gasteiger partial charge in [-0.2, -0.15) is 0 Å². The number of halogens is 2. The van der Waals surface area contributed by atoms with Gasteiger partial charge in [0.15, 0.2) is 0 Å². The second-order valence-corrected chi connectivity index (χ2v) is 5.71. The molecule has 1 unspecified atom stereocenters. The second-order valence-electron chi connectivity index (χ2n) is 5.15. The molecule has 1 aromatic rings. The van der Waals surface area contributed by atoms with E-state index in [0.717, 1.165) is 5.56 Å². The topological polar surface area (TPSA) is 66.5 Å². The minimum absolute atomic E-state index is 0.0319. The summed E-state index contributed by atoms with van der Waals surface area (Å²) in [4.78, 5) is 36.7. The van der Waals surface area contributed by atoms with Gasteiger partial charge in [-0.3, -0.25) is 19.7 Å². The highest BCUT2D eigenvalue weighted by molar-refractivity contribution is 9.08. The van der Waals surface area contributed by atoms with E-state index in [2.05, 4.69) is 21.2 Å². The summed E-state index contributed by atoms with van der Waals surface area (Å²) in [6.45, 7) is 0.193. The highest BCUT2D eigenvalue weighted by Crippen LogP contribution is 2.30. The molecule has 3 rings (SSSR count). The maximum Gasteiger partial charge on any atom is 0.258 e. The molecule has 7 heteroatoms. The molecule has 0 aliphatic carbocycles. The predicted octanol–water partition coefficient (Wildman–Crippen LogP) is 1.48. The van der Waals surface area contributed by atoms with Crippen molar-refractivity contribution in [1.82, 2.24) is 10.2 Å². The smallest absolute Gasteiger partial charge is 0.258 e. The first kappa shape index (κ1) is 14.2. The molecule has 0 bridgehead atoms. The molecule has 1 fully saturated rings. The van der Waals surface area contributed by atoms with Crippen molar-refractivity contribution < 1.29 is 18.8 Å². The van der Waals surface area contributed by atoms with Crippen molar-refractivity contribution in [3.05, 3.63) is 34.6 Å². The summed E-state index contributed by atoms with van der Waals surface area (Å²) in [6.07, 6.45) is 0.461. The molecule has 1 saturated heterocycles. The standard InChI is InChI=1S/C14H12BrFN2O3/c15-5-7-3-8-6-18(14(21)12(8)9(16)4-7)10-1-2-11(19)17-13(10)20/h3-4,10H,1-2,5-6H2,(H,17,19,20). The van der Waals surface area contributed by atoms with Crippen LogP contribution in [0, 0.1) is 5.82 Å². The summed E-state index contributed by atoms with van der Waals surface area (Å²) in [5.41, 5.74) is 1.35. The molecular weight excluding hydrogens is 343 g/mol. The molecule has 110 valence electrons. The Labute approximate surface area is 128 Å². The Bertz CT molecular complexity index is 662. The van der Waals surface area contributed by atoms with Crippen molar-refractivity contribution in [1.29, 1.82) is 0 Å². The second kappa shape index (κ2) is 5.22. The molecule has 2 aliphatic rings. The lowest BCUT2D eigenvalue weighted by Crippen LogP contribution is -2.52. The van der Waals surface area contributed by atoms with Gasteiger partial charge in [-0.05, 0) is 23.6 Å². The van der Waals surface area contributed by atoms with Crippen LogP contribution in [0.15, 0.2) is 12.1 Å². The van der Waals surface area contributed by atoms with Gasteiger partial charge in [0.25, 0.3) is 5.91 Å². The van der Waals surface area contributed by atoms with Crippen LogP contribution in [0.4, 0.5) is 4.39 Å². The third-order valence-corrected chi connectivity index (χ3v) is 4.44. The number of benzene rings is 1. The van der Waals surface area contributed by atoms with Gasteiger partial charge in [0.2, 0.25) is 11.8 Å². The Morgan fingerprint density at radius 1 is 1.33 bits per heavy atom. The van der Waals surface area contributed by atoms with Crippen molar-refractivity contribution in [2.75, 3.05) is 0 Å². The van der Waals surface area contributed by atoms with Crippen LogP contribution in [0.2, 0.25) is 0 Å². The number of imide groups is 1. The van der Waals surface area contributed by atoms with Crippen molar-refractivity contribution in [3.8, 4) is 0 Å². The first-order valence-corrected chi connectivity index (χ1v) is 7.65. The summed E-state index contributed by atoms with van der Waals surface area (Å²) in [7, 11) is 0. The fourth-order valence-corrected chi connectivity index (χ4v) is 3.12. The van der Waals surface area contributed by atoms with Gasteiger partial charge in [-0.25, -0.2) is 4.39 Å². The van der Waals surface area contributed by atoms with Gasteiger partial charge < -0.3 is 4.90 Å². The molecule has 0 saturated carbocycles. The van der Waals surface area contributed by atoms with Crippen LogP contribution in [0.25, 0.3) is 0 Å². The van der Waals surface area contributed by atoms with Crippen LogP contribution in [0.3, 0.4) is 0 Å². The molecule has 5 nitrogen and oxygen atoms in total. The molecule has 0 radical (unpaired) electrons. The number of hydrogen-bond acceptors (Lipinski definition) is 3. The third kappa shape index (κ3) is 2.35. The fraction of sp³-hybridized carbons (Fsp3) is 0.357. The summed E-state index contributed by atoms with van der Waals surface area (Å²) in [6, 6.07) is 2.37. The van der Waals surface area contributed by atoms with E-state index in [9.17, 15) is 18.8 Å². The normalized spacial score (nSPS) is 21.5. The molecular formula is C14H12BrFN2O3. The van der Waals surface area contributed by atoms with E-state index in [4.69, 9.17) is 0 Å². The van der Waals surface area contributed by atoms with Crippen LogP contribution < -0.4 is 5.32 Å². The number of nitrogens with one attached hydrogen (secondary N) is 1. The lowest BCUT2D eigenvalue weighted by Gasteiger charge is -2.29. The van der Waals surface area contributed by atoms with E-state index in [1.165, 1.54) is 11.0 Å². The maximum atomic E-state index is 14.1. The Morgan fingerprint density at radius 3 is 2.76 bits per heavy atom. The van der Waals surface area contributed by atoms with Crippen LogP contribution in [-0.4, -0.2) is 28.7 Å². The predicted molar refractivity (Wildman–Crippen MR) is 75.1 cm³/mol. The number of piperidine rings is 1. The minimum Gasteiger partial charge on any atom is -0.322 e. The number of carbonyl (C=O) groups excluding carboxylic acids is 3. The number of alkyl halides is 1. The monoisotopic (exact) mass is 354 g/mol. The lowest BCUT2D eigenvalue weighted by molar-refractivity contribution is -0.136. The van der Waals surface area contributed by atoms with Crippen molar-refractivity contribution >= 4 is 33.7 Å². The average Bonchev–Trinajstić information content (AvgIpc) is 2.76. The van der Waals surface area contributed by atoms with E-state index in [1.54, 1.807) is 6.07 Å². The minimum atomic E-state index is -0.713. The number of amides is 3. The largest absolute Gasteiger partial charge is 0.322 e. The quantitative estimate of drug-likeness (QED) is 0.646. The molecule has 1 N–H and O–H groups in total. The molecule has 2 heterocycles. The highest BCUT2D eigenvalue weighted by Gasteiger charge is 2.40. The first-order chi connectivity index (χ1) is 10.0. The van der Waals surface area contributed by atoms with Crippen molar-refractivity contribution in [2.45, 2.75) is 30.8 Å². The van der Waals surface area contributed by atoms with E-state index in [1.807, 2.05) is 0 Å². The van der Waals surface area contributed by atoms with Gasteiger partial charge >= 0.3 is 0 Å². The molecule has 0 spiro atoms. The van der Waals surface area contributed by atoms with Gasteiger partial charge in [0.1, 0.15) is 11.9 Å². The first-order valence-electron chi connectivity index (χ1n) is 6.53. The highest BCUT2D eigenvalue weighted by atomic mass is 79.9. The summed E-state index contributed by atoms with van der Waals surface area (Å²) < 4.78 is 14.1. The zero-order chi connectivity index (χ0) is 15.1. The van der Waals surface area contributed by atoms with E-state index < -0.39 is 23.7 Å². The van der Waals surface area contributed by atoms with Crippen LogP contribution in [0.1, 0.15) is 34.3 Å². The molecule has 0 aromatic heterocycles. The fourth-order valence-electron chi connectivity index (χ4n) is 2.80. The van der Waals surface area contributed by atoms with Gasteiger partial charge in [-0.15, -0.1) is 0 Å². The zero-order valence-corrected chi connectivity index (χ0v) is 12.6. The van der Waals surface area contributed by atoms with E-state index in [0.29, 0.717) is 10.9 Å². The van der Waals surface area contributed by atoms with E-state index in [-0.39, 0.29) is 30.9 Å². The van der Waals surface area contributed by atoms with Gasteiger partial charge in [0.05, 0.1) is 5.56 Å². The maximum absolute atomic E-state index is 14.1. The van der Waals surface area contributed by atoms with Crippen LogP contribution in [-0.2, 0) is 21.5 Å². The van der Waals surface area contributed by atoms with Crippen molar-refractivity contribution in [3.63, 3.8) is 0 Å². The number of hydrogen-bond donors (Lipinski definition) is 1. The van der Waals surface area contributed by atoms with Gasteiger partial charge in [-0.1, -0.05) is 22.0 Å². The average molecular weight is 355 g/mol. The Kier molecular flexibility index (Phi) is 3.52. The molecule has 1 atom stereocenters. The Morgan fingerprint density at radius 2 is 2.10 bits per heavy atom. The van der Waals surface area contributed by atoms with Crippen LogP contribution >= 0.6 is 15.9 Å². The Balaban J connectivity index is 1.92. The lowest BCUT2D eigenvalue weighted by atomic mass is 10.0. The summed E-state index contributed by atoms with van der Waals surface area (Å²) in [5, 5.41) is 2.71. The zero-order valence-electron chi connectivity index (χ0n) is 11.0. The third-order valence-electron chi connectivity index (χ3n) is 3.79. The SMILES string of the molecule is O=C1CCC(N2Cc3cc(CBr)cc(F)c3C2=O)C(=O)N1. The summed E-state index contributed by atoms with van der Waals surface area (Å²) >= 11 is 3.26. The van der Waals surface area contributed by atoms with E-state index >= 15 is 0 Å². The number of fused-ring (bicyclic) bond motifs is 1. The molecule has 2 aliphatic heterocycles. The number of rotatable bonds is 2. The number of carbonyl (C=O) groups is 3. The summed E-state index contributed by atoms with van der Waals surface area (Å²) in [5.74, 6) is -1.89. The molecule has 21 heavy (non-hydrogen) atoms. The molecule has 1 aromatic carbocycles. The Hall–Kier alpha value is -1.76. The van der Waals surface area contributed by atoms with Crippen molar-refractivity contribution in [2.24, 2.45) is 0 Å². The molecule has 3 amide bonds. The number of nitrogens with zero attached hydrogens (tertiary/aromatic N) is 1. The van der Waals surface area contributed by atoms with Crippen LogP contribution in [0.5, 0.6) is 0 Å².